The van der Waals surface area contributed by atoms with E-state index in [2.05, 4.69) is 19.2 Å². The molecule has 0 radical (unpaired) electrons. The molecular formula is C21H33F2N3O2. The molecule has 0 spiro atoms. The maximum Gasteiger partial charge on any atom is 0.245 e. The molecule has 2 atom stereocenters. The Labute approximate surface area is 166 Å². The molecule has 0 aromatic heterocycles. The average molecular weight is 398 g/mol. The van der Waals surface area contributed by atoms with Crippen molar-refractivity contribution in [3.8, 4) is 0 Å². The number of benzene rings is 1. The molecule has 1 unspecified atom stereocenters. The molecule has 28 heavy (non-hydrogen) atoms. The summed E-state index contributed by atoms with van der Waals surface area (Å²) < 4.78 is 26.7. The minimum atomic E-state index is -0.628. The van der Waals surface area contributed by atoms with Gasteiger partial charge in [0.05, 0.1) is 0 Å². The van der Waals surface area contributed by atoms with Gasteiger partial charge in [-0.2, -0.15) is 0 Å². The largest absolute Gasteiger partial charge is 0.345 e. The number of carbonyl (C=O) groups is 2. The number of nitrogens with zero attached hydrogens (tertiary/aromatic N) is 1. The van der Waals surface area contributed by atoms with Crippen LogP contribution in [-0.4, -0.2) is 41.9 Å². The van der Waals surface area contributed by atoms with Crippen LogP contribution in [0.1, 0.15) is 52.5 Å². The molecule has 0 aliphatic heterocycles. The molecule has 1 aromatic rings. The molecule has 0 saturated carbocycles. The van der Waals surface area contributed by atoms with Gasteiger partial charge in [0.2, 0.25) is 11.8 Å². The Kier molecular flexibility index (Phi) is 10.1. The highest BCUT2D eigenvalue weighted by atomic mass is 19.1. The first-order valence-electron chi connectivity index (χ1n) is 9.88. The summed E-state index contributed by atoms with van der Waals surface area (Å²) in [6.07, 6.45) is 2.17. The van der Waals surface area contributed by atoms with Gasteiger partial charge < -0.3 is 16.0 Å². The second-order valence-corrected chi connectivity index (χ2v) is 7.70. The quantitative estimate of drug-likeness (QED) is 0.603. The van der Waals surface area contributed by atoms with Crippen LogP contribution in [0.3, 0.4) is 0 Å². The van der Waals surface area contributed by atoms with Gasteiger partial charge in [-0.1, -0.05) is 20.8 Å². The zero-order chi connectivity index (χ0) is 21.3. The van der Waals surface area contributed by atoms with Crippen molar-refractivity contribution >= 4 is 11.8 Å². The number of nitrogens with one attached hydrogen (secondary N) is 1. The SMILES string of the molecule is CCC(NC(C)=O)C(=O)N(CCC(C)C)CC[C@@H](N)Cc1cc(F)cc(F)c1. The summed E-state index contributed by atoms with van der Waals surface area (Å²) in [6, 6.07) is 2.48. The van der Waals surface area contributed by atoms with Crippen LogP contribution in [-0.2, 0) is 16.0 Å². The zero-order valence-corrected chi connectivity index (χ0v) is 17.3. The first kappa shape index (κ1) is 24.0. The third kappa shape index (κ3) is 8.78. The molecule has 158 valence electrons. The molecule has 1 rings (SSSR count). The van der Waals surface area contributed by atoms with Crippen LogP contribution in [0, 0.1) is 17.6 Å². The Morgan fingerprint density at radius 2 is 1.68 bits per heavy atom. The number of carbonyl (C=O) groups excluding carboxylic acids is 2. The van der Waals surface area contributed by atoms with E-state index >= 15 is 0 Å². The van der Waals surface area contributed by atoms with E-state index in [9.17, 15) is 18.4 Å². The Hall–Kier alpha value is -2.02. The Bertz CT molecular complexity index is 632. The van der Waals surface area contributed by atoms with Gasteiger partial charge in [0.1, 0.15) is 17.7 Å². The molecule has 0 saturated heterocycles. The maximum absolute atomic E-state index is 13.3. The van der Waals surface area contributed by atoms with E-state index < -0.39 is 17.7 Å². The minimum absolute atomic E-state index is 0.123. The smallest absolute Gasteiger partial charge is 0.245 e. The third-order valence-electron chi connectivity index (χ3n) is 4.56. The zero-order valence-electron chi connectivity index (χ0n) is 17.3. The molecular weight excluding hydrogens is 364 g/mol. The standard InChI is InChI=1S/C21H33F2N3O2/c1-5-20(25-15(4)27)21(28)26(8-6-14(2)3)9-7-19(24)12-16-10-17(22)13-18(23)11-16/h10-11,13-14,19-20H,5-9,12,24H2,1-4H3,(H,25,27)/t19-,20?/m1/s1. The summed E-state index contributed by atoms with van der Waals surface area (Å²) in [5, 5.41) is 2.69. The minimum Gasteiger partial charge on any atom is -0.345 e. The van der Waals surface area contributed by atoms with Gasteiger partial charge in [0.25, 0.3) is 0 Å². The van der Waals surface area contributed by atoms with Gasteiger partial charge in [0.15, 0.2) is 0 Å². The van der Waals surface area contributed by atoms with E-state index in [4.69, 9.17) is 5.73 Å². The summed E-state index contributed by atoms with van der Waals surface area (Å²) in [4.78, 5) is 26.0. The molecule has 0 aliphatic carbocycles. The molecule has 0 bridgehead atoms. The van der Waals surface area contributed by atoms with Crippen molar-refractivity contribution in [3.05, 3.63) is 35.4 Å². The second kappa shape index (κ2) is 11.7. The fraction of sp³-hybridized carbons (Fsp3) is 0.619. The summed E-state index contributed by atoms with van der Waals surface area (Å²) >= 11 is 0. The van der Waals surface area contributed by atoms with Crippen molar-refractivity contribution < 1.29 is 18.4 Å². The lowest BCUT2D eigenvalue weighted by Crippen LogP contribution is -2.49. The summed E-state index contributed by atoms with van der Waals surface area (Å²) in [5.74, 6) is -1.19. The van der Waals surface area contributed by atoms with Gasteiger partial charge in [0, 0.05) is 32.1 Å². The van der Waals surface area contributed by atoms with Gasteiger partial charge in [-0.05, 0) is 49.3 Å². The van der Waals surface area contributed by atoms with Crippen LogP contribution >= 0.6 is 0 Å². The van der Waals surface area contributed by atoms with Crippen molar-refractivity contribution in [2.75, 3.05) is 13.1 Å². The van der Waals surface area contributed by atoms with Crippen LogP contribution < -0.4 is 11.1 Å². The highest BCUT2D eigenvalue weighted by molar-refractivity contribution is 5.86. The highest BCUT2D eigenvalue weighted by Gasteiger charge is 2.24. The fourth-order valence-corrected chi connectivity index (χ4v) is 3.01. The summed E-state index contributed by atoms with van der Waals surface area (Å²) in [5.41, 5.74) is 6.64. The first-order valence-corrected chi connectivity index (χ1v) is 9.88. The highest BCUT2D eigenvalue weighted by Crippen LogP contribution is 2.12. The third-order valence-corrected chi connectivity index (χ3v) is 4.56. The van der Waals surface area contributed by atoms with Crippen molar-refractivity contribution in [1.82, 2.24) is 10.2 Å². The molecule has 5 nitrogen and oxygen atoms in total. The maximum atomic E-state index is 13.3. The molecule has 1 aromatic carbocycles. The summed E-state index contributed by atoms with van der Waals surface area (Å²) in [7, 11) is 0. The van der Waals surface area contributed by atoms with E-state index in [1.165, 1.54) is 19.1 Å². The van der Waals surface area contributed by atoms with Crippen LogP contribution in [0.25, 0.3) is 0 Å². The van der Waals surface area contributed by atoms with Crippen LogP contribution in [0.5, 0.6) is 0 Å². The molecule has 2 amide bonds. The molecule has 0 fully saturated rings. The predicted octanol–water partition coefficient (Wildman–Crippen LogP) is 3.01. The molecule has 3 N–H and O–H groups in total. The predicted molar refractivity (Wildman–Crippen MR) is 107 cm³/mol. The van der Waals surface area contributed by atoms with Crippen LogP contribution in [0.2, 0.25) is 0 Å². The molecule has 0 aliphatic rings. The number of hydrogen-bond donors (Lipinski definition) is 2. The second-order valence-electron chi connectivity index (χ2n) is 7.70. The van der Waals surface area contributed by atoms with Crippen molar-refractivity contribution in [1.29, 1.82) is 0 Å². The van der Waals surface area contributed by atoms with Crippen molar-refractivity contribution in [3.63, 3.8) is 0 Å². The van der Waals surface area contributed by atoms with E-state index in [0.717, 1.165) is 12.5 Å². The van der Waals surface area contributed by atoms with Gasteiger partial charge in [-0.15, -0.1) is 0 Å². The Balaban J connectivity index is 2.73. The summed E-state index contributed by atoms with van der Waals surface area (Å²) in [6.45, 7) is 8.41. The van der Waals surface area contributed by atoms with Crippen molar-refractivity contribution in [2.45, 2.75) is 65.5 Å². The van der Waals surface area contributed by atoms with Gasteiger partial charge in [-0.3, -0.25) is 9.59 Å². The topological polar surface area (TPSA) is 75.4 Å². The van der Waals surface area contributed by atoms with Gasteiger partial charge >= 0.3 is 0 Å². The molecule has 7 heteroatoms. The number of rotatable bonds is 11. The van der Waals surface area contributed by atoms with E-state index in [0.29, 0.717) is 43.8 Å². The van der Waals surface area contributed by atoms with E-state index in [1.807, 2.05) is 6.92 Å². The number of hydrogen-bond acceptors (Lipinski definition) is 3. The lowest BCUT2D eigenvalue weighted by molar-refractivity contribution is -0.136. The van der Waals surface area contributed by atoms with E-state index in [1.54, 1.807) is 4.90 Å². The van der Waals surface area contributed by atoms with Crippen LogP contribution in [0.4, 0.5) is 8.78 Å². The lowest BCUT2D eigenvalue weighted by atomic mass is 10.0. The number of halogens is 2. The fourth-order valence-electron chi connectivity index (χ4n) is 3.01. The lowest BCUT2D eigenvalue weighted by Gasteiger charge is -2.29. The average Bonchev–Trinajstić information content (AvgIpc) is 2.57. The number of nitrogens with two attached hydrogens (primary N) is 1. The van der Waals surface area contributed by atoms with E-state index in [-0.39, 0.29) is 17.9 Å². The van der Waals surface area contributed by atoms with Gasteiger partial charge in [-0.25, -0.2) is 8.78 Å². The van der Waals surface area contributed by atoms with Crippen molar-refractivity contribution in [2.24, 2.45) is 11.7 Å². The number of amides is 2. The first-order chi connectivity index (χ1) is 13.1. The Morgan fingerprint density at radius 3 is 2.18 bits per heavy atom. The monoisotopic (exact) mass is 397 g/mol. The molecule has 0 heterocycles. The normalized spacial score (nSPS) is 13.3. The van der Waals surface area contributed by atoms with Crippen LogP contribution in [0.15, 0.2) is 18.2 Å². The Morgan fingerprint density at radius 1 is 1.11 bits per heavy atom.